The largest absolute Gasteiger partial charge is 0.300 e. The van der Waals surface area contributed by atoms with Crippen LogP contribution >= 0.6 is 25.3 Å². The van der Waals surface area contributed by atoms with Gasteiger partial charge in [-0.15, -0.1) is 0 Å². The monoisotopic (exact) mass is 206 g/mol. The zero-order valence-corrected chi connectivity index (χ0v) is 9.56. The van der Waals surface area contributed by atoms with E-state index < -0.39 is 0 Å². The van der Waals surface area contributed by atoms with Gasteiger partial charge in [-0.2, -0.15) is 25.3 Å². The minimum atomic E-state index is 0.606. The lowest BCUT2D eigenvalue weighted by molar-refractivity contribution is 0.0850. The van der Waals surface area contributed by atoms with Crippen LogP contribution in [0, 0.1) is 0 Å². The van der Waals surface area contributed by atoms with E-state index in [1.807, 2.05) is 0 Å². The molecule has 0 radical (unpaired) electrons. The molecule has 0 aromatic carbocycles. The summed E-state index contributed by atoms with van der Waals surface area (Å²) in [5, 5.41) is 0. The lowest BCUT2D eigenvalue weighted by Crippen LogP contribution is -2.56. The Balaban J connectivity index is 2.49. The fourth-order valence-corrected chi connectivity index (χ4v) is 2.42. The maximum absolute atomic E-state index is 4.33. The van der Waals surface area contributed by atoms with Crippen molar-refractivity contribution in [3.63, 3.8) is 0 Å². The van der Waals surface area contributed by atoms with Crippen LogP contribution in [0.15, 0.2) is 0 Å². The highest BCUT2D eigenvalue weighted by Gasteiger charge is 2.27. The first-order chi connectivity index (χ1) is 5.69. The van der Waals surface area contributed by atoms with Gasteiger partial charge in [-0.3, -0.25) is 9.80 Å². The highest BCUT2D eigenvalue weighted by Crippen LogP contribution is 2.13. The molecule has 0 saturated carbocycles. The molecule has 0 N–H and O–H groups in total. The lowest BCUT2D eigenvalue weighted by atomic mass is 10.1. The molecule has 1 fully saturated rings. The van der Waals surface area contributed by atoms with E-state index in [2.05, 4.69) is 49.2 Å². The van der Waals surface area contributed by atoms with Gasteiger partial charge in [-0.25, -0.2) is 0 Å². The molecule has 0 aliphatic carbocycles. The molecule has 1 heterocycles. The third-order valence-electron chi connectivity index (χ3n) is 2.67. The zero-order valence-electron chi connectivity index (χ0n) is 7.77. The summed E-state index contributed by atoms with van der Waals surface area (Å²) >= 11 is 8.67. The van der Waals surface area contributed by atoms with Crippen molar-refractivity contribution >= 4 is 25.3 Å². The van der Waals surface area contributed by atoms with Crippen molar-refractivity contribution in [1.82, 2.24) is 9.80 Å². The molecule has 72 valence electrons. The van der Waals surface area contributed by atoms with E-state index in [-0.39, 0.29) is 0 Å². The summed E-state index contributed by atoms with van der Waals surface area (Å²) in [5.41, 5.74) is 0. The van der Waals surface area contributed by atoms with Crippen LogP contribution in [0.3, 0.4) is 0 Å². The highest BCUT2D eigenvalue weighted by atomic mass is 32.1. The molecular formula is C8H18N2S2. The summed E-state index contributed by atoms with van der Waals surface area (Å²) in [6, 6.07) is 1.21. The summed E-state index contributed by atoms with van der Waals surface area (Å²) in [6.45, 7) is 2.23. The van der Waals surface area contributed by atoms with Crippen LogP contribution in [-0.4, -0.2) is 60.6 Å². The molecule has 0 unspecified atom stereocenters. The molecule has 2 nitrogen and oxygen atoms in total. The van der Waals surface area contributed by atoms with Crippen molar-refractivity contribution in [1.29, 1.82) is 0 Å². The molecule has 4 heteroatoms. The second kappa shape index (κ2) is 4.74. The van der Waals surface area contributed by atoms with E-state index in [9.17, 15) is 0 Å². The molecule has 1 aliphatic rings. The topological polar surface area (TPSA) is 6.48 Å². The SMILES string of the molecule is CN1C[C@H](CS)N(C)C[C@@H]1CS. The first-order valence-electron chi connectivity index (χ1n) is 4.31. The molecule has 0 bridgehead atoms. The van der Waals surface area contributed by atoms with Crippen LogP contribution in [0.4, 0.5) is 0 Å². The molecule has 0 aromatic rings. The van der Waals surface area contributed by atoms with Crippen LogP contribution in [0.1, 0.15) is 0 Å². The number of piperazine rings is 1. The van der Waals surface area contributed by atoms with Crippen LogP contribution < -0.4 is 0 Å². The van der Waals surface area contributed by atoms with E-state index >= 15 is 0 Å². The van der Waals surface area contributed by atoms with Crippen LogP contribution in [0.2, 0.25) is 0 Å². The average Bonchev–Trinajstić information content (AvgIpc) is 2.08. The maximum atomic E-state index is 4.33. The number of hydrogen-bond donors (Lipinski definition) is 2. The third kappa shape index (κ3) is 2.31. The van der Waals surface area contributed by atoms with E-state index in [0.717, 1.165) is 24.6 Å². The van der Waals surface area contributed by atoms with Gasteiger partial charge in [0.1, 0.15) is 0 Å². The molecule has 1 aliphatic heterocycles. The summed E-state index contributed by atoms with van der Waals surface area (Å²) in [7, 11) is 4.34. The fourth-order valence-electron chi connectivity index (χ4n) is 1.64. The van der Waals surface area contributed by atoms with Gasteiger partial charge in [-0.1, -0.05) is 0 Å². The Kier molecular flexibility index (Phi) is 4.23. The molecule has 0 spiro atoms. The molecule has 0 amide bonds. The van der Waals surface area contributed by atoms with E-state index in [1.165, 1.54) is 0 Å². The number of rotatable bonds is 2. The van der Waals surface area contributed by atoms with Gasteiger partial charge in [0.15, 0.2) is 0 Å². The second-order valence-corrected chi connectivity index (χ2v) is 4.28. The number of nitrogens with zero attached hydrogens (tertiary/aromatic N) is 2. The third-order valence-corrected chi connectivity index (χ3v) is 3.51. The van der Waals surface area contributed by atoms with Gasteiger partial charge < -0.3 is 0 Å². The van der Waals surface area contributed by atoms with E-state index in [1.54, 1.807) is 0 Å². The van der Waals surface area contributed by atoms with E-state index in [4.69, 9.17) is 0 Å². The second-order valence-electron chi connectivity index (χ2n) is 3.55. The Labute approximate surface area is 86.1 Å². The Morgan fingerprint density at radius 1 is 1.00 bits per heavy atom. The van der Waals surface area contributed by atoms with Crippen LogP contribution in [0.5, 0.6) is 0 Å². The summed E-state index contributed by atoms with van der Waals surface area (Å²) in [6.07, 6.45) is 0. The Morgan fingerprint density at radius 3 is 1.58 bits per heavy atom. The minimum absolute atomic E-state index is 0.606. The highest BCUT2D eigenvalue weighted by molar-refractivity contribution is 7.80. The minimum Gasteiger partial charge on any atom is -0.300 e. The van der Waals surface area contributed by atoms with Gasteiger partial charge in [0.05, 0.1) is 0 Å². The first kappa shape index (κ1) is 10.7. The predicted octanol–water partition coefficient (Wildman–Crippen LogP) is 0.460. The number of thiol groups is 2. The van der Waals surface area contributed by atoms with Gasteiger partial charge in [0.25, 0.3) is 0 Å². The zero-order chi connectivity index (χ0) is 9.14. The number of hydrogen-bond acceptors (Lipinski definition) is 4. The van der Waals surface area contributed by atoms with Gasteiger partial charge in [0.2, 0.25) is 0 Å². The quantitative estimate of drug-likeness (QED) is 0.634. The summed E-state index contributed by atoms with van der Waals surface area (Å²) in [4.78, 5) is 4.77. The molecule has 1 saturated heterocycles. The predicted molar refractivity (Wildman–Crippen MR) is 60.5 cm³/mol. The number of likely N-dealkylation sites (N-methyl/N-ethyl adjacent to an activating group) is 2. The molecule has 0 aromatic heterocycles. The molecule has 1 rings (SSSR count). The van der Waals surface area contributed by atoms with Crippen molar-refractivity contribution in [2.45, 2.75) is 12.1 Å². The molecule has 12 heavy (non-hydrogen) atoms. The van der Waals surface area contributed by atoms with Crippen molar-refractivity contribution in [2.75, 3.05) is 38.7 Å². The van der Waals surface area contributed by atoms with Gasteiger partial charge in [-0.05, 0) is 14.1 Å². The summed E-state index contributed by atoms with van der Waals surface area (Å²) < 4.78 is 0. The van der Waals surface area contributed by atoms with Crippen molar-refractivity contribution in [3.8, 4) is 0 Å². The van der Waals surface area contributed by atoms with Crippen LogP contribution in [-0.2, 0) is 0 Å². The van der Waals surface area contributed by atoms with Crippen molar-refractivity contribution in [2.24, 2.45) is 0 Å². The maximum Gasteiger partial charge on any atom is 0.0308 e. The molecular weight excluding hydrogens is 188 g/mol. The Bertz CT molecular complexity index is 127. The fraction of sp³-hybridized carbons (Fsp3) is 1.00. The lowest BCUT2D eigenvalue weighted by Gasteiger charge is -2.42. The Morgan fingerprint density at radius 2 is 1.33 bits per heavy atom. The van der Waals surface area contributed by atoms with Crippen molar-refractivity contribution in [3.05, 3.63) is 0 Å². The van der Waals surface area contributed by atoms with Crippen LogP contribution in [0.25, 0.3) is 0 Å². The first-order valence-corrected chi connectivity index (χ1v) is 5.57. The average molecular weight is 206 g/mol. The Hall–Kier alpha value is 0.620. The smallest absolute Gasteiger partial charge is 0.0308 e. The van der Waals surface area contributed by atoms with Crippen molar-refractivity contribution < 1.29 is 0 Å². The standard InChI is InChI=1S/C8H18N2S2/c1-9-3-8(6-12)10(2)4-7(9)5-11/h7-8,11-12H,3-6H2,1-2H3/t7-,8-/m1/s1. The van der Waals surface area contributed by atoms with Gasteiger partial charge >= 0.3 is 0 Å². The molecule has 2 atom stereocenters. The van der Waals surface area contributed by atoms with Gasteiger partial charge in [0, 0.05) is 36.7 Å². The normalized spacial score (nSPS) is 34.0. The summed E-state index contributed by atoms with van der Waals surface area (Å²) in [5.74, 6) is 1.89. The van der Waals surface area contributed by atoms with E-state index in [0.29, 0.717) is 12.1 Å².